The molecule has 0 aliphatic rings. The summed E-state index contributed by atoms with van der Waals surface area (Å²) in [5.74, 6) is 3.03. The van der Waals surface area contributed by atoms with Gasteiger partial charge in [-0.15, -0.1) is 0 Å². The first-order valence-electron chi connectivity index (χ1n) is 8.01. The molecule has 21 heavy (non-hydrogen) atoms. The first-order valence-corrected chi connectivity index (χ1v) is 8.01. The molecule has 1 rings (SSSR count). The number of hydrogen-bond donors (Lipinski definition) is 2. The van der Waals surface area contributed by atoms with Crippen LogP contribution in [-0.2, 0) is 0 Å². The van der Waals surface area contributed by atoms with E-state index in [1.54, 1.807) is 0 Å². The molecule has 1 aromatic rings. The fourth-order valence-corrected chi connectivity index (χ4v) is 1.89. The first kappa shape index (κ1) is 17.7. The van der Waals surface area contributed by atoms with Crippen LogP contribution in [0.3, 0.4) is 0 Å². The van der Waals surface area contributed by atoms with Crippen molar-refractivity contribution in [3.8, 4) is 0 Å². The van der Waals surface area contributed by atoms with Crippen LogP contribution in [-0.4, -0.2) is 47.6 Å². The van der Waals surface area contributed by atoms with Gasteiger partial charge in [0.1, 0.15) is 17.5 Å². The van der Waals surface area contributed by atoms with E-state index in [1.165, 1.54) is 0 Å². The third-order valence-electron chi connectivity index (χ3n) is 3.49. The third-order valence-corrected chi connectivity index (χ3v) is 3.49. The lowest BCUT2D eigenvalue weighted by Gasteiger charge is -2.20. The van der Waals surface area contributed by atoms with E-state index in [2.05, 4.69) is 67.2 Å². The van der Waals surface area contributed by atoms with Gasteiger partial charge in [-0.05, 0) is 40.8 Å². The van der Waals surface area contributed by atoms with Gasteiger partial charge in [0.05, 0.1) is 0 Å². The average Bonchev–Trinajstić information content (AvgIpc) is 2.43. The van der Waals surface area contributed by atoms with E-state index in [9.17, 15) is 0 Å². The van der Waals surface area contributed by atoms with E-state index in [4.69, 9.17) is 0 Å². The quantitative estimate of drug-likeness (QED) is 0.685. The predicted octanol–water partition coefficient (Wildman–Crippen LogP) is 3.17. The van der Waals surface area contributed by atoms with Crippen molar-refractivity contribution in [3.63, 3.8) is 0 Å². The van der Waals surface area contributed by atoms with Gasteiger partial charge in [-0.3, -0.25) is 0 Å². The van der Waals surface area contributed by atoms with Crippen LogP contribution in [0.25, 0.3) is 0 Å². The molecule has 0 amide bonds. The van der Waals surface area contributed by atoms with Crippen LogP contribution in [0.15, 0.2) is 6.07 Å². The number of nitrogens with zero attached hydrogens (tertiary/aromatic N) is 3. The Morgan fingerprint density at radius 1 is 1.10 bits per heavy atom. The van der Waals surface area contributed by atoms with Gasteiger partial charge in [0.25, 0.3) is 0 Å². The molecule has 0 bridgehead atoms. The first-order chi connectivity index (χ1) is 9.93. The van der Waals surface area contributed by atoms with Crippen LogP contribution in [0.2, 0.25) is 0 Å². The molecule has 5 heteroatoms. The molecule has 0 aromatic carbocycles. The highest BCUT2D eigenvalue weighted by Crippen LogP contribution is 2.16. The fraction of sp³-hybridized carbons (Fsp3) is 0.750. The second-order valence-corrected chi connectivity index (χ2v) is 6.04. The highest BCUT2D eigenvalue weighted by molar-refractivity contribution is 5.47. The van der Waals surface area contributed by atoms with Gasteiger partial charge in [-0.25, -0.2) is 9.97 Å². The summed E-state index contributed by atoms with van der Waals surface area (Å²) in [6.07, 6.45) is 1.10. The maximum Gasteiger partial charge on any atom is 0.135 e. The Bertz CT molecular complexity index is 417. The Hall–Kier alpha value is -1.36. The summed E-state index contributed by atoms with van der Waals surface area (Å²) in [6, 6.07) is 2.58. The topological polar surface area (TPSA) is 53.1 Å². The molecule has 0 saturated carbocycles. The lowest BCUT2D eigenvalue weighted by molar-refractivity contribution is 0.273. The van der Waals surface area contributed by atoms with Gasteiger partial charge in [-0.2, -0.15) is 0 Å². The largest absolute Gasteiger partial charge is 0.370 e. The van der Waals surface area contributed by atoms with Gasteiger partial charge in [0, 0.05) is 31.1 Å². The minimum Gasteiger partial charge on any atom is -0.370 e. The van der Waals surface area contributed by atoms with Crippen LogP contribution >= 0.6 is 0 Å². The monoisotopic (exact) mass is 293 g/mol. The highest BCUT2D eigenvalue weighted by Gasteiger charge is 2.08. The summed E-state index contributed by atoms with van der Waals surface area (Å²) in [6.45, 7) is 13.6. The van der Waals surface area contributed by atoms with Crippen molar-refractivity contribution in [2.45, 2.75) is 53.0 Å². The van der Waals surface area contributed by atoms with Crippen molar-refractivity contribution >= 4 is 11.6 Å². The predicted molar refractivity (Wildman–Crippen MR) is 91.2 cm³/mol. The molecule has 2 N–H and O–H groups in total. The summed E-state index contributed by atoms with van der Waals surface area (Å²) in [5, 5.41) is 6.68. The highest BCUT2D eigenvalue weighted by atomic mass is 15.1. The summed E-state index contributed by atoms with van der Waals surface area (Å²) in [5.41, 5.74) is 0. The second kappa shape index (κ2) is 8.82. The van der Waals surface area contributed by atoms with E-state index >= 15 is 0 Å². The molecule has 1 heterocycles. The summed E-state index contributed by atoms with van der Waals surface area (Å²) >= 11 is 0. The maximum atomic E-state index is 4.59. The van der Waals surface area contributed by atoms with Crippen molar-refractivity contribution < 1.29 is 0 Å². The molecular formula is C16H31N5. The Labute approximate surface area is 129 Å². The van der Waals surface area contributed by atoms with E-state index < -0.39 is 0 Å². The zero-order valence-corrected chi connectivity index (χ0v) is 14.4. The van der Waals surface area contributed by atoms with Crippen molar-refractivity contribution in [2.75, 3.05) is 37.3 Å². The van der Waals surface area contributed by atoms with Crippen molar-refractivity contribution in [2.24, 2.45) is 0 Å². The normalized spacial score (nSPS) is 11.5. The van der Waals surface area contributed by atoms with Gasteiger partial charge in [0.15, 0.2) is 0 Å². The Morgan fingerprint density at radius 3 is 2.24 bits per heavy atom. The van der Waals surface area contributed by atoms with Crippen molar-refractivity contribution in [3.05, 3.63) is 11.9 Å². The van der Waals surface area contributed by atoms with E-state index in [0.717, 1.165) is 43.5 Å². The summed E-state index contributed by atoms with van der Waals surface area (Å²) in [7, 11) is 2.16. The molecule has 1 aromatic heterocycles. The van der Waals surface area contributed by atoms with Crippen LogP contribution in [0.1, 0.15) is 52.8 Å². The van der Waals surface area contributed by atoms with Crippen molar-refractivity contribution in [1.29, 1.82) is 0 Å². The zero-order valence-electron chi connectivity index (χ0n) is 14.4. The lowest BCUT2D eigenvalue weighted by atomic mass is 10.2. The Balaban J connectivity index is 2.57. The number of hydrogen-bond acceptors (Lipinski definition) is 5. The SMILES string of the molecule is CCNc1cc(NCCCN(C)C(C)C)nc(C(C)C)n1. The molecule has 0 atom stereocenters. The molecule has 0 aliphatic heterocycles. The fourth-order valence-electron chi connectivity index (χ4n) is 1.89. The molecular weight excluding hydrogens is 262 g/mol. The standard InChI is InChI=1S/C16H31N5/c1-7-17-14-11-15(20-16(19-14)12(2)3)18-9-8-10-21(6)13(4)5/h11-13H,7-10H2,1-6H3,(H2,17,18,19,20). The number of anilines is 2. The van der Waals surface area contributed by atoms with E-state index in [-0.39, 0.29) is 0 Å². The molecule has 0 saturated heterocycles. The summed E-state index contributed by atoms with van der Waals surface area (Å²) in [4.78, 5) is 11.5. The molecule has 120 valence electrons. The van der Waals surface area contributed by atoms with Gasteiger partial charge < -0.3 is 15.5 Å². The Morgan fingerprint density at radius 2 is 1.71 bits per heavy atom. The number of nitrogens with one attached hydrogen (secondary N) is 2. The molecule has 5 nitrogen and oxygen atoms in total. The number of rotatable bonds is 9. The van der Waals surface area contributed by atoms with Crippen LogP contribution < -0.4 is 10.6 Å². The molecule has 0 fully saturated rings. The molecule has 0 spiro atoms. The van der Waals surface area contributed by atoms with Gasteiger partial charge in [-0.1, -0.05) is 13.8 Å². The second-order valence-electron chi connectivity index (χ2n) is 6.04. The van der Waals surface area contributed by atoms with E-state index in [0.29, 0.717) is 12.0 Å². The lowest BCUT2D eigenvalue weighted by Crippen LogP contribution is -2.28. The minimum absolute atomic E-state index is 0.330. The molecule has 0 unspecified atom stereocenters. The maximum absolute atomic E-state index is 4.59. The molecule has 0 aliphatic carbocycles. The minimum atomic E-state index is 0.330. The number of aromatic nitrogens is 2. The van der Waals surface area contributed by atoms with Gasteiger partial charge in [0.2, 0.25) is 0 Å². The van der Waals surface area contributed by atoms with Gasteiger partial charge >= 0.3 is 0 Å². The third kappa shape index (κ3) is 6.29. The molecule has 0 radical (unpaired) electrons. The smallest absolute Gasteiger partial charge is 0.135 e. The Kier molecular flexibility index (Phi) is 7.43. The van der Waals surface area contributed by atoms with Crippen LogP contribution in [0.4, 0.5) is 11.6 Å². The van der Waals surface area contributed by atoms with Crippen molar-refractivity contribution in [1.82, 2.24) is 14.9 Å². The average molecular weight is 293 g/mol. The summed E-state index contributed by atoms with van der Waals surface area (Å²) < 4.78 is 0. The van der Waals surface area contributed by atoms with E-state index in [1.807, 2.05) is 6.07 Å². The zero-order chi connectivity index (χ0) is 15.8. The van der Waals surface area contributed by atoms with Crippen LogP contribution in [0.5, 0.6) is 0 Å². The van der Waals surface area contributed by atoms with Crippen LogP contribution in [0, 0.1) is 0 Å².